The van der Waals surface area contributed by atoms with Crippen LogP contribution >= 0.6 is 0 Å². The lowest BCUT2D eigenvalue weighted by Crippen LogP contribution is -2.46. The first-order chi connectivity index (χ1) is 9.53. The van der Waals surface area contributed by atoms with Gasteiger partial charge in [-0.15, -0.1) is 0 Å². The van der Waals surface area contributed by atoms with Crippen LogP contribution in [0.3, 0.4) is 0 Å². The molecule has 1 heteroatoms. The molecule has 0 N–H and O–H groups in total. The molecule has 0 spiro atoms. The van der Waals surface area contributed by atoms with Crippen molar-refractivity contribution < 1.29 is 4.79 Å². The van der Waals surface area contributed by atoms with Gasteiger partial charge in [0.1, 0.15) is 0 Å². The molecule has 0 heterocycles. The maximum absolute atomic E-state index is 11.8. The van der Waals surface area contributed by atoms with E-state index in [0.717, 1.165) is 31.1 Å². The first kappa shape index (κ1) is 12.9. The van der Waals surface area contributed by atoms with Gasteiger partial charge in [-0.1, -0.05) is 31.1 Å². The zero-order valence-corrected chi connectivity index (χ0v) is 12.9. The molecule has 4 rings (SSSR count). The second kappa shape index (κ2) is 4.08. The summed E-state index contributed by atoms with van der Waals surface area (Å²) in [6, 6.07) is 0. The highest BCUT2D eigenvalue weighted by molar-refractivity contribution is 5.91. The Kier molecular flexibility index (Phi) is 2.63. The fourth-order valence-corrected chi connectivity index (χ4v) is 5.88. The Morgan fingerprint density at radius 1 is 1.10 bits per heavy atom. The third-order valence-corrected chi connectivity index (χ3v) is 7.15. The van der Waals surface area contributed by atoms with E-state index in [1.165, 1.54) is 37.7 Å². The van der Waals surface area contributed by atoms with Crippen molar-refractivity contribution in [2.75, 3.05) is 0 Å². The average Bonchev–Trinajstić information content (AvgIpc) is 2.81. The summed E-state index contributed by atoms with van der Waals surface area (Å²) < 4.78 is 0. The van der Waals surface area contributed by atoms with Crippen LogP contribution in [0.1, 0.15) is 65.2 Å². The molecule has 4 atom stereocenters. The Hall–Kier alpha value is -0.850. The predicted molar refractivity (Wildman–Crippen MR) is 81.3 cm³/mol. The van der Waals surface area contributed by atoms with Gasteiger partial charge in [0.2, 0.25) is 0 Å². The van der Waals surface area contributed by atoms with Gasteiger partial charge < -0.3 is 0 Å². The summed E-state index contributed by atoms with van der Waals surface area (Å²) in [5, 5.41) is 0. The van der Waals surface area contributed by atoms with E-state index in [4.69, 9.17) is 0 Å². The van der Waals surface area contributed by atoms with Gasteiger partial charge in [-0.3, -0.25) is 4.79 Å². The van der Waals surface area contributed by atoms with E-state index in [9.17, 15) is 4.79 Å². The Labute approximate surface area is 122 Å². The zero-order valence-electron chi connectivity index (χ0n) is 12.9. The topological polar surface area (TPSA) is 17.1 Å². The second-order valence-electron chi connectivity index (χ2n) is 8.10. The first-order valence-electron chi connectivity index (χ1n) is 8.47. The van der Waals surface area contributed by atoms with Crippen LogP contribution in [-0.4, -0.2) is 5.78 Å². The number of hydrogen-bond donors (Lipinski definition) is 0. The van der Waals surface area contributed by atoms with Crippen LogP contribution in [0.25, 0.3) is 0 Å². The Morgan fingerprint density at radius 3 is 2.80 bits per heavy atom. The van der Waals surface area contributed by atoms with Gasteiger partial charge >= 0.3 is 0 Å². The molecule has 0 aromatic rings. The minimum atomic E-state index is 0.321. The van der Waals surface area contributed by atoms with Crippen LogP contribution in [0.5, 0.6) is 0 Å². The summed E-state index contributed by atoms with van der Waals surface area (Å²) >= 11 is 0. The van der Waals surface area contributed by atoms with E-state index < -0.39 is 0 Å². The van der Waals surface area contributed by atoms with Crippen LogP contribution in [0.4, 0.5) is 0 Å². The standard InChI is InChI=1S/C19H26O/c1-18-9-3-4-16(18)15-6-5-13-12-14(20)7-11-19(13,2)17(15)8-10-18/h4,12,15,17H,3,5-11H2,1-2H3/t15-,17-,18+,19-/m0/s1. The third kappa shape index (κ3) is 1.58. The first-order valence-corrected chi connectivity index (χ1v) is 8.47. The highest BCUT2D eigenvalue weighted by atomic mass is 16.1. The number of ketones is 1. The molecule has 0 aromatic carbocycles. The second-order valence-corrected chi connectivity index (χ2v) is 8.10. The zero-order chi connectivity index (χ0) is 14.0. The van der Waals surface area contributed by atoms with E-state index in [2.05, 4.69) is 19.9 Å². The number of carbonyl (C=O) groups excluding carboxylic acids is 1. The number of fused-ring (bicyclic) bond motifs is 5. The summed E-state index contributed by atoms with van der Waals surface area (Å²) in [5.41, 5.74) is 4.12. The Morgan fingerprint density at radius 2 is 1.95 bits per heavy atom. The van der Waals surface area contributed by atoms with Gasteiger partial charge in [-0.2, -0.15) is 0 Å². The van der Waals surface area contributed by atoms with E-state index in [-0.39, 0.29) is 0 Å². The van der Waals surface area contributed by atoms with Crippen LogP contribution in [0.15, 0.2) is 23.3 Å². The van der Waals surface area contributed by atoms with E-state index in [1.807, 2.05) is 6.08 Å². The van der Waals surface area contributed by atoms with Gasteiger partial charge in [0.15, 0.2) is 5.78 Å². The van der Waals surface area contributed by atoms with Crippen molar-refractivity contribution in [1.82, 2.24) is 0 Å². The van der Waals surface area contributed by atoms with E-state index in [1.54, 1.807) is 5.57 Å². The van der Waals surface area contributed by atoms with Crippen molar-refractivity contribution >= 4 is 5.78 Å². The monoisotopic (exact) mass is 270 g/mol. The summed E-state index contributed by atoms with van der Waals surface area (Å²) in [4.78, 5) is 11.8. The third-order valence-electron chi connectivity index (χ3n) is 7.15. The number of carbonyl (C=O) groups is 1. The molecular formula is C19H26O. The smallest absolute Gasteiger partial charge is 0.155 e. The van der Waals surface area contributed by atoms with Crippen LogP contribution in [-0.2, 0) is 4.79 Å². The molecule has 20 heavy (non-hydrogen) atoms. The van der Waals surface area contributed by atoms with Gasteiger partial charge in [-0.05, 0) is 73.7 Å². The van der Waals surface area contributed by atoms with Crippen molar-refractivity contribution in [3.8, 4) is 0 Å². The van der Waals surface area contributed by atoms with Crippen molar-refractivity contribution in [2.24, 2.45) is 22.7 Å². The Bertz CT molecular complexity index is 526. The normalized spacial score (nSPS) is 47.0. The maximum atomic E-state index is 11.8. The molecule has 1 nitrogen and oxygen atoms in total. The molecule has 0 unspecified atom stereocenters. The number of allylic oxidation sites excluding steroid dienone is 4. The minimum Gasteiger partial charge on any atom is -0.295 e. The SMILES string of the molecule is C[C@]12CCC=C1[C@@H]1CCC3=CC(=O)CC[C@]3(C)[C@H]1CC2. The molecule has 0 aliphatic heterocycles. The highest BCUT2D eigenvalue weighted by Crippen LogP contribution is 2.63. The summed E-state index contributed by atoms with van der Waals surface area (Å²) in [5.74, 6) is 1.98. The molecule has 0 amide bonds. The van der Waals surface area contributed by atoms with Crippen LogP contribution in [0.2, 0.25) is 0 Å². The summed E-state index contributed by atoms with van der Waals surface area (Å²) in [7, 11) is 0. The molecular weight excluding hydrogens is 244 g/mol. The van der Waals surface area contributed by atoms with Gasteiger partial charge in [0, 0.05) is 6.42 Å². The molecule has 2 fully saturated rings. The highest BCUT2D eigenvalue weighted by Gasteiger charge is 2.53. The minimum absolute atomic E-state index is 0.321. The molecule has 0 radical (unpaired) electrons. The number of rotatable bonds is 0. The van der Waals surface area contributed by atoms with Crippen molar-refractivity contribution in [1.29, 1.82) is 0 Å². The molecule has 4 aliphatic carbocycles. The number of hydrogen-bond acceptors (Lipinski definition) is 1. The lowest BCUT2D eigenvalue weighted by atomic mass is 9.49. The molecule has 0 aromatic heterocycles. The van der Waals surface area contributed by atoms with Crippen LogP contribution < -0.4 is 0 Å². The molecule has 108 valence electrons. The van der Waals surface area contributed by atoms with E-state index >= 15 is 0 Å². The van der Waals surface area contributed by atoms with Crippen molar-refractivity contribution in [2.45, 2.75) is 65.2 Å². The molecule has 0 saturated heterocycles. The largest absolute Gasteiger partial charge is 0.295 e. The molecule has 2 saturated carbocycles. The quantitative estimate of drug-likeness (QED) is 0.576. The lowest BCUT2D eigenvalue weighted by molar-refractivity contribution is -0.116. The fourth-order valence-electron chi connectivity index (χ4n) is 5.88. The molecule has 0 bridgehead atoms. The summed E-state index contributed by atoms with van der Waals surface area (Å²) in [6.07, 6.45) is 14.3. The Balaban J connectivity index is 1.73. The van der Waals surface area contributed by atoms with Crippen molar-refractivity contribution in [3.63, 3.8) is 0 Å². The van der Waals surface area contributed by atoms with Gasteiger partial charge in [-0.25, -0.2) is 0 Å². The summed E-state index contributed by atoms with van der Waals surface area (Å²) in [6.45, 7) is 4.96. The van der Waals surface area contributed by atoms with E-state index in [0.29, 0.717) is 16.6 Å². The van der Waals surface area contributed by atoms with Gasteiger partial charge in [0.25, 0.3) is 0 Å². The maximum Gasteiger partial charge on any atom is 0.155 e. The van der Waals surface area contributed by atoms with Crippen molar-refractivity contribution in [3.05, 3.63) is 23.3 Å². The average molecular weight is 270 g/mol. The van der Waals surface area contributed by atoms with Gasteiger partial charge in [0.05, 0.1) is 0 Å². The lowest BCUT2D eigenvalue weighted by Gasteiger charge is -2.55. The predicted octanol–water partition coefficient (Wildman–Crippen LogP) is 4.83. The van der Waals surface area contributed by atoms with Crippen LogP contribution in [0, 0.1) is 22.7 Å². The molecule has 4 aliphatic rings. The fraction of sp³-hybridized carbons (Fsp3) is 0.737.